The smallest absolute Gasteiger partial charge is 0.410 e. The number of carbonyl (C=O) groups is 1. The number of amides is 1. The predicted octanol–water partition coefficient (Wildman–Crippen LogP) is 2.11. The van der Waals surface area contributed by atoms with Crippen LogP contribution in [-0.2, 0) is 9.84 Å². The highest BCUT2D eigenvalue weighted by molar-refractivity contribution is 9.10. The lowest BCUT2D eigenvalue weighted by Gasteiger charge is -2.23. The standard InChI is InChI=1S/C12H14BrNO4S/c1-12(5-6-19(16,17)8-12)14-11(15)18-10-4-2-3-9(13)7-10/h2-4,7H,5-6,8H2,1H3,(H,14,15). The molecule has 19 heavy (non-hydrogen) atoms. The molecule has 1 aliphatic rings. The molecule has 0 saturated carbocycles. The summed E-state index contributed by atoms with van der Waals surface area (Å²) in [6, 6.07) is 6.87. The molecule has 1 fully saturated rings. The first-order valence-electron chi connectivity index (χ1n) is 5.74. The number of rotatable bonds is 2. The van der Waals surface area contributed by atoms with Gasteiger partial charge in [0.25, 0.3) is 0 Å². The van der Waals surface area contributed by atoms with Crippen LogP contribution < -0.4 is 10.1 Å². The molecule has 1 aromatic carbocycles. The molecule has 1 aliphatic heterocycles. The zero-order valence-electron chi connectivity index (χ0n) is 10.3. The van der Waals surface area contributed by atoms with E-state index in [1.807, 2.05) is 6.07 Å². The van der Waals surface area contributed by atoms with E-state index in [1.54, 1.807) is 25.1 Å². The summed E-state index contributed by atoms with van der Waals surface area (Å²) in [5, 5.41) is 2.62. The summed E-state index contributed by atoms with van der Waals surface area (Å²) >= 11 is 3.27. The van der Waals surface area contributed by atoms with Gasteiger partial charge in [-0.2, -0.15) is 0 Å². The van der Waals surface area contributed by atoms with Crippen molar-refractivity contribution in [3.05, 3.63) is 28.7 Å². The molecule has 1 atom stereocenters. The number of ether oxygens (including phenoxy) is 1. The highest BCUT2D eigenvalue weighted by Gasteiger charge is 2.39. The van der Waals surface area contributed by atoms with Gasteiger partial charge in [0.2, 0.25) is 0 Å². The van der Waals surface area contributed by atoms with Crippen LogP contribution in [0.4, 0.5) is 4.79 Å². The maximum absolute atomic E-state index is 11.8. The Labute approximate surface area is 120 Å². The van der Waals surface area contributed by atoms with Gasteiger partial charge in [0, 0.05) is 4.47 Å². The predicted molar refractivity (Wildman–Crippen MR) is 75.0 cm³/mol. The van der Waals surface area contributed by atoms with Crippen molar-refractivity contribution in [3.63, 3.8) is 0 Å². The highest BCUT2D eigenvalue weighted by atomic mass is 79.9. The third kappa shape index (κ3) is 3.94. The summed E-state index contributed by atoms with van der Waals surface area (Å²) in [5.74, 6) is 0.449. The number of benzene rings is 1. The zero-order valence-corrected chi connectivity index (χ0v) is 12.8. The molecule has 1 saturated heterocycles. The first kappa shape index (κ1) is 14.3. The van der Waals surface area contributed by atoms with E-state index in [2.05, 4.69) is 21.2 Å². The lowest BCUT2D eigenvalue weighted by atomic mass is 10.0. The van der Waals surface area contributed by atoms with Crippen molar-refractivity contribution in [2.75, 3.05) is 11.5 Å². The molecule has 1 unspecified atom stereocenters. The van der Waals surface area contributed by atoms with E-state index < -0.39 is 21.5 Å². The van der Waals surface area contributed by atoms with Crippen LogP contribution in [0, 0.1) is 0 Å². The van der Waals surface area contributed by atoms with Gasteiger partial charge in [0.1, 0.15) is 5.75 Å². The summed E-state index contributed by atoms with van der Waals surface area (Å²) in [5.41, 5.74) is -0.748. The van der Waals surface area contributed by atoms with Gasteiger partial charge >= 0.3 is 6.09 Å². The quantitative estimate of drug-likeness (QED) is 0.889. The topological polar surface area (TPSA) is 72.5 Å². The normalized spacial score (nSPS) is 24.9. The van der Waals surface area contributed by atoms with Gasteiger partial charge in [-0.15, -0.1) is 0 Å². The van der Waals surface area contributed by atoms with Gasteiger partial charge in [-0.05, 0) is 31.5 Å². The Morgan fingerprint density at radius 3 is 2.79 bits per heavy atom. The maximum Gasteiger partial charge on any atom is 0.413 e. The lowest BCUT2D eigenvalue weighted by molar-refractivity contribution is 0.189. The van der Waals surface area contributed by atoms with Crippen LogP contribution in [0.3, 0.4) is 0 Å². The number of halogens is 1. The Bertz CT molecular complexity index is 602. The minimum atomic E-state index is -3.06. The van der Waals surface area contributed by atoms with Crippen molar-refractivity contribution < 1.29 is 17.9 Å². The fraction of sp³-hybridized carbons (Fsp3) is 0.417. The molecule has 1 amide bonds. The molecule has 7 heteroatoms. The maximum atomic E-state index is 11.8. The highest BCUT2D eigenvalue weighted by Crippen LogP contribution is 2.23. The Kier molecular flexibility index (Phi) is 3.87. The third-order valence-electron chi connectivity index (χ3n) is 2.91. The average molecular weight is 348 g/mol. The van der Waals surface area contributed by atoms with Gasteiger partial charge < -0.3 is 10.1 Å². The second-order valence-electron chi connectivity index (χ2n) is 4.87. The van der Waals surface area contributed by atoms with E-state index in [1.165, 1.54) is 0 Å². The summed E-state index contributed by atoms with van der Waals surface area (Å²) in [6.45, 7) is 1.71. The van der Waals surface area contributed by atoms with Gasteiger partial charge in [-0.3, -0.25) is 0 Å². The van der Waals surface area contributed by atoms with E-state index >= 15 is 0 Å². The number of sulfone groups is 1. The summed E-state index contributed by atoms with van der Waals surface area (Å²) < 4.78 is 28.8. The molecule has 1 aromatic rings. The van der Waals surface area contributed by atoms with Crippen LogP contribution in [0.5, 0.6) is 5.75 Å². The van der Waals surface area contributed by atoms with Crippen molar-refractivity contribution in [3.8, 4) is 5.75 Å². The van der Waals surface area contributed by atoms with E-state index in [-0.39, 0.29) is 11.5 Å². The third-order valence-corrected chi connectivity index (χ3v) is 5.31. The first-order valence-corrected chi connectivity index (χ1v) is 8.35. The molecule has 1 N–H and O–H groups in total. The fourth-order valence-electron chi connectivity index (χ4n) is 2.02. The van der Waals surface area contributed by atoms with Crippen LogP contribution in [0.25, 0.3) is 0 Å². The second kappa shape index (κ2) is 5.13. The molecule has 0 aliphatic carbocycles. The number of nitrogens with one attached hydrogen (secondary N) is 1. The van der Waals surface area contributed by atoms with Crippen LogP contribution in [0.1, 0.15) is 13.3 Å². The molecule has 104 valence electrons. The Balaban J connectivity index is 1.99. The number of carbonyl (C=O) groups excluding carboxylic acids is 1. The molecular weight excluding hydrogens is 334 g/mol. The minimum Gasteiger partial charge on any atom is -0.410 e. The van der Waals surface area contributed by atoms with Crippen molar-refractivity contribution in [1.29, 1.82) is 0 Å². The van der Waals surface area contributed by atoms with Crippen molar-refractivity contribution >= 4 is 31.9 Å². The minimum absolute atomic E-state index is 0.0480. The number of hydrogen-bond donors (Lipinski definition) is 1. The molecule has 0 bridgehead atoms. The van der Waals surface area contributed by atoms with Gasteiger partial charge in [0.15, 0.2) is 9.84 Å². The van der Waals surface area contributed by atoms with Crippen molar-refractivity contribution in [1.82, 2.24) is 5.32 Å². The molecule has 2 rings (SSSR count). The van der Waals surface area contributed by atoms with Crippen LogP contribution in [-0.4, -0.2) is 31.6 Å². The molecule has 0 aromatic heterocycles. The average Bonchev–Trinajstić information content (AvgIpc) is 2.52. The SMILES string of the molecule is CC1(NC(=O)Oc2cccc(Br)c2)CCS(=O)(=O)C1. The zero-order chi connectivity index (χ0) is 14.1. The molecule has 0 radical (unpaired) electrons. The Morgan fingerprint density at radius 1 is 1.47 bits per heavy atom. The molecule has 1 heterocycles. The van der Waals surface area contributed by atoms with E-state index in [0.717, 1.165) is 4.47 Å². The lowest BCUT2D eigenvalue weighted by Crippen LogP contribution is -2.48. The Morgan fingerprint density at radius 2 is 2.21 bits per heavy atom. The number of hydrogen-bond acceptors (Lipinski definition) is 4. The van der Waals surface area contributed by atoms with Crippen LogP contribution in [0.15, 0.2) is 28.7 Å². The monoisotopic (exact) mass is 347 g/mol. The van der Waals surface area contributed by atoms with E-state index in [4.69, 9.17) is 4.74 Å². The van der Waals surface area contributed by atoms with Crippen molar-refractivity contribution in [2.45, 2.75) is 18.9 Å². The Hall–Kier alpha value is -1.08. The first-order chi connectivity index (χ1) is 8.78. The molecule has 0 spiro atoms. The fourth-order valence-corrected chi connectivity index (χ4v) is 4.49. The largest absolute Gasteiger partial charge is 0.413 e. The molecular formula is C12H14BrNO4S. The van der Waals surface area contributed by atoms with Gasteiger partial charge in [0.05, 0.1) is 17.0 Å². The van der Waals surface area contributed by atoms with Crippen LogP contribution >= 0.6 is 15.9 Å². The summed E-state index contributed by atoms with van der Waals surface area (Å²) in [6.07, 6.45) is -0.235. The van der Waals surface area contributed by atoms with E-state index in [9.17, 15) is 13.2 Å². The van der Waals surface area contributed by atoms with Gasteiger partial charge in [-0.1, -0.05) is 22.0 Å². The van der Waals surface area contributed by atoms with E-state index in [0.29, 0.717) is 12.2 Å². The van der Waals surface area contributed by atoms with Crippen LogP contribution in [0.2, 0.25) is 0 Å². The van der Waals surface area contributed by atoms with Gasteiger partial charge in [-0.25, -0.2) is 13.2 Å². The van der Waals surface area contributed by atoms with Crippen molar-refractivity contribution in [2.24, 2.45) is 0 Å². The molecule has 5 nitrogen and oxygen atoms in total. The summed E-state index contributed by atoms with van der Waals surface area (Å²) in [4.78, 5) is 11.8. The second-order valence-corrected chi connectivity index (χ2v) is 7.97. The summed E-state index contributed by atoms with van der Waals surface area (Å²) in [7, 11) is -3.06.